The molecule has 4 aliphatic carbocycles. The van der Waals surface area contributed by atoms with Crippen LogP contribution in [0.1, 0.15) is 91.3 Å². The summed E-state index contributed by atoms with van der Waals surface area (Å²) in [6, 6.07) is 2.17. The first-order valence-corrected chi connectivity index (χ1v) is 15.3. The number of nitrogens with one attached hydrogen (secondary N) is 2. The smallest absolute Gasteiger partial charge is 0.270 e. The van der Waals surface area contributed by atoms with Gasteiger partial charge in [0.25, 0.3) is 5.91 Å². The van der Waals surface area contributed by atoms with E-state index in [1.807, 2.05) is 0 Å². The first kappa shape index (κ1) is 26.5. The molecule has 0 saturated heterocycles. The van der Waals surface area contributed by atoms with E-state index in [9.17, 15) is 9.59 Å². The number of aromatic nitrogens is 1. The molecular weight excluding hydrogens is 548 g/mol. The maximum absolute atomic E-state index is 15.1. The van der Waals surface area contributed by atoms with E-state index in [1.54, 1.807) is 5.38 Å². The van der Waals surface area contributed by atoms with Crippen LogP contribution in [0.25, 0.3) is 0 Å². The third kappa shape index (κ3) is 5.09. The number of ether oxygens (including phenoxy) is 1. The number of hydrogen-bond donors (Lipinski definition) is 2. The summed E-state index contributed by atoms with van der Waals surface area (Å²) < 4.78 is 20.9. The Hall–Kier alpha value is -1.74. The van der Waals surface area contributed by atoms with Gasteiger partial charge in [0.05, 0.1) is 28.8 Å². The number of benzene rings is 1. The van der Waals surface area contributed by atoms with Gasteiger partial charge in [-0.2, -0.15) is 0 Å². The molecule has 10 heteroatoms. The zero-order valence-corrected chi connectivity index (χ0v) is 23.4. The Morgan fingerprint density at radius 2 is 1.95 bits per heavy atom. The summed E-state index contributed by atoms with van der Waals surface area (Å²) in [7, 11) is 0. The molecule has 1 heterocycles. The molecule has 1 aromatic carbocycles. The lowest BCUT2D eigenvalue weighted by Gasteiger charge is -2.40. The van der Waals surface area contributed by atoms with Crippen LogP contribution in [-0.4, -0.2) is 28.9 Å². The standard InChI is InChI=1S/C28H32Cl2FN3O3S/c29-19-4-5-20(31)23(24(19)30)25(28-8-6-15(12-28)7-9-28)34-26(35)16-10-17(11-16)32-27(36)21-14-38-22(33-21)13-37-18-2-1-3-18/h4-5,14-18,25H,1-3,6-13H2,(H,32,36)(H,34,35)/t15?,16?,17?,25-,28?/m1/s1. The summed E-state index contributed by atoms with van der Waals surface area (Å²) >= 11 is 14.2. The van der Waals surface area contributed by atoms with Crippen molar-refractivity contribution >= 4 is 46.4 Å². The van der Waals surface area contributed by atoms with E-state index in [-0.39, 0.29) is 39.2 Å². The van der Waals surface area contributed by atoms with E-state index in [4.69, 9.17) is 27.9 Å². The van der Waals surface area contributed by atoms with Crippen LogP contribution in [0.4, 0.5) is 4.39 Å². The fourth-order valence-electron chi connectivity index (χ4n) is 6.66. The van der Waals surface area contributed by atoms with Crippen LogP contribution < -0.4 is 10.6 Å². The Labute approximate surface area is 236 Å². The Morgan fingerprint density at radius 1 is 1.18 bits per heavy atom. The van der Waals surface area contributed by atoms with Gasteiger partial charge in [-0.05, 0) is 87.7 Å². The highest BCUT2D eigenvalue weighted by Gasteiger charge is 2.52. The number of rotatable bonds is 9. The predicted molar refractivity (Wildman–Crippen MR) is 145 cm³/mol. The molecule has 0 spiro atoms. The predicted octanol–water partition coefficient (Wildman–Crippen LogP) is 6.60. The molecule has 1 aromatic heterocycles. The maximum atomic E-state index is 15.1. The number of nitrogens with zero attached hydrogens (tertiary/aromatic N) is 1. The van der Waals surface area contributed by atoms with E-state index < -0.39 is 11.9 Å². The second-order valence-electron chi connectivity index (χ2n) is 11.5. The highest BCUT2D eigenvalue weighted by molar-refractivity contribution is 7.09. The number of halogens is 3. The highest BCUT2D eigenvalue weighted by Crippen LogP contribution is 2.61. The van der Waals surface area contributed by atoms with Gasteiger partial charge in [0.1, 0.15) is 16.5 Å². The number of hydrogen-bond acceptors (Lipinski definition) is 5. The molecule has 0 aliphatic heterocycles. The van der Waals surface area contributed by atoms with Crippen LogP contribution >= 0.6 is 34.5 Å². The van der Waals surface area contributed by atoms with Crippen LogP contribution in [0, 0.1) is 23.1 Å². The molecule has 0 unspecified atom stereocenters. The van der Waals surface area contributed by atoms with Crippen LogP contribution in [0.15, 0.2) is 17.5 Å². The molecule has 0 radical (unpaired) electrons. The largest absolute Gasteiger partial charge is 0.371 e. The van der Waals surface area contributed by atoms with Gasteiger partial charge >= 0.3 is 0 Å². The highest BCUT2D eigenvalue weighted by atomic mass is 35.5. The zero-order valence-electron chi connectivity index (χ0n) is 21.1. The summed E-state index contributed by atoms with van der Waals surface area (Å²) in [5.74, 6) is -0.415. The molecule has 6 nitrogen and oxygen atoms in total. The Balaban J connectivity index is 1.07. The summed E-state index contributed by atoms with van der Waals surface area (Å²) in [6.45, 7) is 0.439. The van der Waals surface area contributed by atoms with Gasteiger partial charge in [-0.25, -0.2) is 9.37 Å². The van der Waals surface area contributed by atoms with E-state index in [0.29, 0.717) is 42.7 Å². The molecule has 4 fully saturated rings. The zero-order chi connectivity index (χ0) is 26.4. The molecule has 204 valence electrons. The van der Waals surface area contributed by atoms with Crippen molar-refractivity contribution in [1.82, 2.24) is 15.6 Å². The Kier molecular flexibility index (Phi) is 7.44. The lowest BCUT2D eigenvalue weighted by atomic mass is 9.73. The molecule has 4 aliphatic rings. The lowest BCUT2D eigenvalue weighted by Crippen LogP contribution is -2.51. The number of fused-ring (bicyclic) bond motifs is 2. The summed E-state index contributed by atoms with van der Waals surface area (Å²) in [5.41, 5.74) is 0.495. The average Bonchev–Trinajstić information content (AvgIpc) is 3.59. The molecule has 4 saturated carbocycles. The molecule has 2 amide bonds. The quantitative estimate of drug-likeness (QED) is 0.328. The summed E-state index contributed by atoms with van der Waals surface area (Å²) in [6.07, 6.45) is 9.82. The Bertz CT molecular complexity index is 1220. The van der Waals surface area contributed by atoms with Gasteiger partial charge in [-0.1, -0.05) is 23.2 Å². The second kappa shape index (κ2) is 10.7. The summed E-state index contributed by atoms with van der Waals surface area (Å²) in [5, 5.41) is 9.20. The first-order chi connectivity index (χ1) is 18.3. The first-order valence-electron chi connectivity index (χ1n) is 13.6. The van der Waals surface area contributed by atoms with Gasteiger partial charge < -0.3 is 15.4 Å². The fourth-order valence-corrected chi connectivity index (χ4v) is 7.78. The van der Waals surface area contributed by atoms with Crippen molar-refractivity contribution in [2.24, 2.45) is 17.3 Å². The Morgan fingerprint density at radius 3 is 2.61 bits per heavy atom. The van der Waals surface area contributed by atoms with Crippen LogP contribution in [0.3, 0.4) is 0 Å². The maximum Gasteiger partial charge on any atom is 0.270 e. The van der Waals surface area contributed by atoms with Gasteiger partial charge in [0.15, 0.2) is 0 Å². The monoisotopic (exact) mass is 579 g/mol. The van der Waals surface area contributed by atoms with Crippen molar-refractivity contribution in [3.63, 3.8) is 0 Å². The molecule has 2 aromatic rings. The minimum atomic E-state index is -0.516. The third-order valence-electron chi connectivity index (χ3n) is 9.19. The minimum absolute atomic E-state index is 0.0972. The molecule has 2 N–H and O–H groups in total. The van der Waals surface area contributed by atoms with Crippen molar-refractivity contribution in [3.8, 4) is 0 Å². The minimum Gasteiger partial charge on any atom is -0.371 e. The van der Waals surface area contributed by atoms with E-state index in [1.165, 1.54) is 29.9 Å². The molecule has 1 atom stereocenters. The lowest BCUT2D eigenvalue weighted by molar-refractivity contribution is -0.130. The normalized spacial score (nSPS) is 29.0. The SMILES string of the molecule is O=C(NC1CC(C(=O)N[C@H](c2c(F)ccc(Cl)c2Cl)C23CCC(CC2)C3)C1)c1csc(COC2CCC2)n1. The summed E-state index contributed by atoms with van der Waals surface area (Å²) in [4.78, 5) is 30.5. The average molecular weight is 581 g/mol. The van der Waals surface area contributed by atoms with Gasteiger partial charge in [0.2, 0.25) is 5.91 Å². The van der Waals surface area contributed by atoms with E-state index >= 15 is 4.39 Å². The number of carbonyl (C=O) groups is 2. The van der Waals surface area contributed by atoms with Crippen molar-refractivity contribution in [2.45, 2.75) is 89.0 Å². The molecule has 6 rings (SSSR count). The van der Waals surface area contributed by atoms with Crippen molar-refractivity contribution in [2.75, 3.05) is 0 Å². The number of amides is 2. The van der Waals surface area contributed by atoms with Crippen LogP contribution in [0.5, 0.6) is 0 Å². The van der Waals surface area contributed by atoms with Crippen molar-refractivity contribution in [1.29, 1.82) is 0 Å². The van der Waals surface area contributed by atoms with Crippen LogP contribution in [-0.2, 0) is 16.1 Å². The fraction of sp³-hybridized carbons (Fsp3) is 0.607. The van der Waals surface area contributed by atoms with Gasteiger partial charge in [-0.3, -0.25) is 9.59 Å². The topological polar surface area (TPSA) is 80.3 Å². The number of carbonyl (C=O) groups excluding carboxylic acids is 2. The van der Waals surface area contributed by atoms with Gasteiger partial charge in [-0.15, -0.1) is 11.3 Å². The van der Waals surface area contributed by atoms with Gasteiger partial charge in [0, 0.05) is 22.9 Å². The molecule has 38 heavy (non-hydrogen) atoms. The molecular formula is C28H32Cl2FN3O3S. The third-order valence-corrected chi connectivity index (χ3v) is 10.8. The number of thiazole rings is 1. The van der Waals surface area contributed by atoms with E-state index in [2.05, 4.69) is 15.6 Å². The van der Waals surface area contributed by atoms with E-state index in [0.717, 1.165) is 50.0 Å². The van der Waals surface area contributed by atoms with Crippen LogP contribution in [0.2, 0.25) is 10.0 Å². The van der Waals surface area contributed by atoms with Crippen molar-refractivity contribution < 1.29 is 18.7 Å². The second-order valence-corrected chi connectivity index (χ2v) is 13.3. The van der Waals surface area contributed by atoms with Crippen molar-refractivity contribution in [3.05, 3.63) is 49.6 Å². The molecule has 2 bridgehead atoms.